The van der Waals surface area contributed by atoms with Crippen molar-refractivity contribution >= 4 is 5.97 Å². The summed E-state index contributed by atoms with van der Waals surface area (Å²) in [7, 11) is 0. The number of ether oxygens (including phenoxy) is 3. The van der Waals surface area contributed by atoms with Gasteiger partial charge < -0.3 is 14.2 Å². The van der Waals surface area contributed by atoms with Gasteiger partial charge in [0.1, 0.15) is 5.60 Å². The molecule has 0 aliphatic carbocycles. The molecule has 0 amide bonds. The van der Waals surface area contributed by atoms with E-state index >= 15 is 0 Å². The Labute approximate surface area is 205 Å². The van der Waals surface area contributed by atoms with Gasteiger partial charge >= 0.3 is 5.97 Å². The Morgan fingerprint density at radius 1 is 0.909 bits per heavy atom. The first-order chi connectivity index (χ1) is 15.9. The van der Waals surface area contributed by atoms with E-state index in [1.807, 2.05) is 20.8 Å². The summed E-state index contributed by atoms with van der Waals surface area (Å²) in [5, 5.41) is 0. The largest absolute Gasteiger partial charge is 0.460 e. The van der Waals surface area contributed by atoms with E-state index in [9.17, 15) is 4.79 Å². The average Bonchev–Trinajstić information content (AvgIpc) is 2.75. The molecule has 0 aromatic heterocycles. The van der Waals surface area contributed by atoms with Crippen LogP contribution in [0.5, 0.6) is 0 Å². The van der Waals surface area contributed by atoms with Crippen LogP contribution in [-0.2, 0) is 19.0 Å². The van der Waals surface area contributed by atoms with Gasteiger partial charge in [0.05, 0.1) is 12.5 Å². The number of rotatable bonds is 19. The number of unbranched alkanes of at least 4 members (excludes halogenated alkanes) is 11. The van der Waals surface area contributed by atoms with Crippen LogP contribution in [0, 0.1) is 0 Å². The summed E-state index contributed by atoms with van der Waals surface area (Å²) in [4.78, 5) is 12.3. The van der Waals surface area contributed by atoms with Crippen LogP contribution in [0.1, 0.15) is 143 Å². The number of allylic oxidation sites excluding steroid dienone is 2. The molecule has 0 bridgehead atoms. The topological polar surface area (TPSA) is 44.8 Å². The first-order valence-electron chi connectivity index (χ1n) is 14.0. The van der Waals surface area contributed by atoms with Gasteiger partial charge in [-0.2, -0.15) is 0 Å². The molecule has 0 spiro atoms. The standard InChI is InChI=1S/C29H54O4/c1-5-6-7-8-9-10-11-12-13-14-15-16-17-18-19-22-26(25-27(30)33-29(2,3)4)32-28-23-20-21-24-31-28/h12-13,26,28H,5-11,14-25H2,1-4H3/b13-12-/t26-,28?/m1/s1. The average molecular weight is 467 g/mol. The summed E-state index contributed by atoms with van der Waals surface area (Å²) in [6, 6.07) is 0. The molecule has 0 saturated carbocycles. The number of hydrogen-bond donors (Lipinski definition) is 0. The molecule has 0 radical (unpaired) electrons. The lowest BCUT2D eigenvalue weighted by molar-refractivity contribution is -0.196. The molecule has 1 saturated heterocycles. The molecular formula is C29H54O4. The van der Waals surface area contributed by atoms with E-state index < -0.39 is 5.60 Å². The third-order valence-corrected chi connectivity index (χ3v) is 6.08. The second-order valence-corrected chi connectivity index (χ2v) is 10.7. The van der Waals surface area contributed by atoms with Gasteiger partial charge in [-0.1, -0.05) is 76.9 Å². The van der Waals surface area contributed by atoms with Crippen molar-refractivity contribution < 1.29 is 19.0 Å². The highest BCUT2D eigenvalue weighted by Crippen LogP contribution is 2.21. The van der Waals surface area contributed by atoms with E-state index in [-0.39, 0.29) is 18.4 Å². The molecule has 4 nitrogen and oxygen atoms in total. The fourth-order valence-corrected chi connectivity index (χ4v) is 4.26. The van der Waals surface area contributed by atoms with Crippen molar-refractivity contribution in [3.05, 3.63) is 12.2 Å². The third kappa shape index (κ3) is 19.2. The summed E-state index contributed by atoms with van der Waals surface area (Å²) < 4.78 is 17.4. The second-order valence-electron chi connectivity index (χ2n) is 10.7. The molecule has 0 N–H and O–H groups in total. The molecule has 4 heteroatoms. The van der Waals surface area contributed by atoms with Gasteiger partial charge in [-0.3, -0.25) is 4.79 Å². The van der Waals surface area contributed by atoms with Gasteiger partial charge in [0.15, 0.2) is 6.29 Å². The minimum atomic E-state index is -0.452. The van der Waals surface area contributed by atoms with E-state index in [1.165, 1.54) is 77.0 Å². The zero-order chi connectivity index (χ0) is 24.2. The van der Waals surface area contributed by atoms with Crippen molar-refractivity contribution in [3.8, 4) is 0 Å². The molecule has 2 atom stereocenters. The molecule has 1 aliphatic heterocycles. The highest BCUT2D eigenvalue weighted by Gasteiger charge is 2.24. The number of esters is 1. The summed E-state index contributed by atoms with van der Waals surface area (Å²) in [5.41, 5.74) is -0.452. The molecular weight excluding hydrogens is 412 g/mol. The molecule has 194 valence electrons. The predicted octanol–water partition coefficient (Wildman–Crippen LogP) is 8.67. The third-order valence-electron chi connectivity index (χ3n) is 6.08. The Kier molecular flexibility index (Phi) is 17.8. The lowest BCUT2D eigenvalue weighted by atomic mass is 10.0. The lowest BCUT2D eigenvalue weighted by Crippen LogP contribution is -2.32. The maximum atomic E-state index is 12.3. The number of hydrogen-bond acceptors (Lipinski definition) is 4. The van der Waals surface area contributed by atoms with E-state index in [0.717, 1.165) is 38.7 Å². The summed E-state index contributed by atoms with van der Waals surface area (Å²) >= 11 is 0. The fraction of sp³-hybridized carbons (Fsp3) is 0.897. The predicted molar refractivity (Wildman–Crippen MR) is 138 cm³/mol. The Hall–Kier alpha value is -0.870. The highest BCUT2D eigenvalue weighted by molar-refractivity contribution is 5.70. The second kappa shape index (κ2) is 19.4. The van der Waals surface area contributed by atoms with E-state index in [0.29, 0.717) is 6.42 Å². The maximum absolute atomic E-state index is 12.3. The van der Waals surface area contributed by atoms with E-state index in [4.69, 9.17) is 14.2 Å². The Balaban J connectivity index is 2.12. The normalized spacial score (nSPS) is 18.0. The molecule has 1 heterocycles. The molecule has 1 rings (SSSR count). The Morgan fingerprint density at radius 2 is 1.52 bits per heavy atom. The van der Waals surface area contributed by atoms with E-state index in [1.54, 1.807) is 0 Å². The minimum Gasteiger partial charge on any atom is -0.460 e. The van der Waals surface area contributed by atoms with Crippen molar-refractivity contribution in [2.24, 2.45) is 0 Å². The van der Waals surface area contributed by atoms with Gasteiger partial charge in [0, 0.05) is 6.61 Å². The SMILES string of the molecule is CCCCCCCC/C=C\CCCCCCC[C@H](CC(=O)OC(C)(C)C)OC1CCCCO1. The molecule has 1 fully saturated rings. The lowest BCUT2D eigenvalue weighted by Gasteiger charge is -2.28. The van der Waals surface area contributed by atoms with Crippen molar-refractivity contribution in [2.75, 3.05) is 6.61 Å². The first kappa shape index (κ1) is 30.2. The van der Waals surface area contributed by atoms with Gasteiger partial charge in [-0.15, -0.1) is 0 Å². The van der Waals surface area contributed by atoms with Gasteiger partial charge in [-0.25, -0.2) is 0 Å². The van der Waals surface area contributed by atoms with Crippen LogP contribution >= 0.6 is 0 Å². The summed E-state index contributed by atoms with van der Waals surface area (Å²) in [6.07, 6.45) is 25.7. The zero-order valence-electron chi connectivity index (χ0n) is 22.4. The summed E-state index contributed by atoms with van der Waals surface area (Å²) in [5.74, 6) is -0.170. The molecule has 33 heavy (non-hydrogen) atoms. The first-order valence-corrected chi connectivity index (χ1v) is 14.0. The van der Waals surface area contributed by atoms with Crippen molar-refractivity contribution in [2.45, 2.75) is 161 Å². The van der Waals surface area contributed by atoms with E-state index in [2.05, 4.69) is 19.1 Å². The molecule has 1 aliphatic rings. The number of carbonyl (C=O) groups excluding carboxylic acids is 1. The van der Waals surface area contributed by atoms with Crippen LogP contribution in [0.3, 0.4) is 0 Å². The van der Waals surface area contributed by atoms with Crippen LogP contribution in [0.15, 0.2) is 12.2 Å². The molecule has 0 aromatic rings. The van der Waals surface area contributed by atoms with Gasteiger partial charge in [-0.05, 0) is 72.1 Å². The summed E-state index contributed by atoms with van der Waals surface area (Å²) in [6.45, 7) is 8.77. The zero-order valence-corrected chi connectivity index (χ0v) is 22.4. The monoisotopic (exact) mass is 466 g/mol. The smallest absolute Gasteiger partial charge is 0.308 e. The van der Waals surface area contributed by atoms with Crippen LogP contribution < -0.4 is 0 Å². The maximum Gasteiger partial charge on any atom is 0.308 e. The molecule has 0 aromatic carbocycles. The van der Waals surface area contributed by atoms with Crippen LogP contribution in [0.2, 0.25) is 0 Å². The Morgan fingerprint density at radius 3 is 2.09 bits per heavy atom. The quantitative estimate of drug-likeness (QED) is 0.108. The Bertz CT molecular complexity index is 488. The van der Waals surface area contributed by atoms with Crippen LogP contribution in [0.25, 0.3) is 0 Å². The van der Waals surface area contributed by atoms with Crippen molar-refractivity contribution in [3.63, 3.8) is 0 Å². The molecule has 1 unspecified atom stereocenters. The van der Waals surface area contributed by atoms with Gasteiger partial charge in [0.25, 0.3) is 0 Å². The van der Waals surface area contributed by atoms with Gasteiger partial charge in [0.2, 0.25) is 0 Å². The minimum absolute atomic E-state index is 0.104. The van der Waals surface area contributed by atoms with Crippen LogP contribution in [0.4, 0.5) is 0 Å². The van der Waals surface area contributed by atoms with Crippen LogP contribution in [-0.4, -0.2) is 30.6 Å². The fourth-order valence-electron chi connectivity index (χ4n) is 4.26. The van der Waals surface area contributed by atoms with Crippen molar-refractivity contribution in [1.82, 2.24) is 0 Å². The number of carbonyl (C=O) groups is 1. The van der Waals surface area contributed by atoms with Crippen molar-refractivity contribution in [1.29, 1.82) is 0 Å². The highest BCUT2D eigenvalue weighted by atomic mass is 16.7.